The lowest BCUT2D eigenvalue weighted by molar-refractivity contribution is 0.311. The van der Waals surface area contributed by atoms with Crippen molar-refractivity contribution in [3.05, 3.63) is 71.0 Å². The molecule has 0 unspecified atom stereocenters. The van der Waals surface area contributed by atoms with Crippen LogP contribution in [0.3, 0.4) is 0 Å². The van der Waals surface area contributed by atoms with Crippen LogP contribution >= 0.6 is 0 Å². The molecule has 3 aromatic rings. The van der Waals surface area contributed by atoms with E-state index in [1.165, 1.54) is 19.3 Å². The summed E-state index contributed by atoms with van der Waals surface area (Å²) in [5.74, 6) is -0.728. The van der Waals surface area contributed by atoms with Gasteiger partial charge in [-0.2, -0.15) is 4.98 Å². The van der Waals surface area contributed by atoms with Gasteiger partial charge in [-0.05, 0) is 30.7 Å². The quantitative estimate of drug-likeness (QED) is 0.308. The lowest BCUT2D eigenvalue weighted by Crippen LogP contribution is -2.44. The van der Waals surface area contributed by atoms with Crippen molar-refractivity contribution in [1.29, 1.82) is 5.41 Å². The molecular weight excluding hydrogens is 533 g/mol. The molecule has 2 heterocycles. The van der Waals surface area contributed by atoms with Gasteiger partial charge in [0.2, 0.25) is 11.8 Å². The Morgan fingerprint density at radius 3 is 2.50 bits per heavy atom. The van der Waals surface area contributed by atoms with Gasteiger partial charge >= 0.3 is 0 Å². The highest BCUT2D eigenvalue weighted by molar-refractivity contribution is 7.97. The number of likely N-dealkylation sites (N-methyl/N-ethyl adjacent to an activating group) is 1. The molecule has 12 heteroatoms. The monoisotopic (exact) mass is 567 g/mol. The number of hydrogen-bond donors (Lipinski definition) is 3. The Hall–Kier alpha value is -4.03. The summed E-state index contributed by atoms with van der Waals surface area (Å²) in [5, 5.41) is 10.1. The van der Waals surface area contributed by atoms with E-state index in [0.717, 1.165) is 24.2 Å². The van der Waals surface area contributed by atoms with Gasteiger partial charge in [0.1, 0.15) is 4.91 Å². The molecule has 2 aromatic carbocycles. The maximum Gasteiger partial charge on any atom is 0.267 e. The smallest absolute Gasteiger partial charge is 0.267 e. The van der Waals surface area contributed by atoms with Gasteiger partial charge in [0.15, 0.2) is 11.6 Å². The zero-order valence-corrected chi connectivity index (χ0v) is 23.8. The molecule has 40 heavy (non-hydrogen) atoms. The number of hydrogen-bond acceptors (Lipinski definition) is 9. The van der Waals surface area contributed by atoms with Gasteiger partial charge in [0.25, 0.3) is 10.0 Å². The van der Waals surface area contributed by atoms with E-state index in [-0.39, 0.29) is 28.4 Å². The van der Waals surface area contributed by atoms with E-state index in [4.69, 9.17) is 10.1 Å². The number of allylic oxidation sites excluding steroid dienone is 1. The van der Waals surface area contributed by atoms with Crippen LogP contribution in [0.25, 0.3) is 11.3 Å². The van der Waals surface area contributed by atoms with E-state index in [9.17, 15) is 8.42 Å². The Morgan fingerprint density at radius 1 is 1.10 bits per heavy atom. The predicted molar refractivity (Wildman–Crippen MR) is 156 cm³/mol. The zero-order chi connectivity index (χ0) is 28.9. The van der Waals surface area contributed by atoms with Gasteiger partial charge in [-0.3, -0.25) is 0 Å². The van der Waals surface area contributed by atoms with Crippen molar-refractivity contribution in [1.82, 2.24) is 20.2 Å². The first-order valence-corrected chi connectivity index (χ1v) is 14.4. The molecule has 1 fully saturated rings. The highest BCUT2D eigenvalue weighted by Crippen LogP contribution is 2.34. The van der Waals surface area contributed by atoms with Crippen molar-refractivity contribution >= 4 is 27.9 Å². The highest BCUT2D eigenvalue weighted by Gasteiger charge is 2.23. The maximum atomic E-state index is 15.7. The summed E-state index contributed by atoms with van der Waals surface area (Å²) in [7, 11) is -0.642. The van der Waals surface area contributed by atoms with Crippen LogP contribution in [0.2, 0.25) is 0 Å². The molecule has 3 N–H and O–H groups in total. The van der Waals surface area contributed by atoms with E-state index in [0.29, 0.717) is 30.7 Å². The summed E-state index contributed by atoms with van der Waals surface area (Å²) in [4.78, 5) is 12.5. The van der Waals surface area contributed by atoms with Gasteiger partial charge in [-0.15, -0.1) is 0 Å². The van der Waals surface area contributed by atoms with Crippen molar-refractivity contribution in [2.45, 2.75) is 19.8 Å². The molecule has 1 aliphatic rings. The van der Waals surface area contributed by atoms with Crippen LogP contribution in [0.4, 0.5) is 16.0 Å². The van der Waals surface area contributed by atoms with Gasteiger partial charge in [0, 0.05) is 57.3 Å². The van der Waals surface area contributed by atoms with Crippen LogP contribution in [-0.2, 0) is 10.0 Å². The van der Waals surface area contributed by atoms with E-state index < -0.39 is 15.8 Å². The van der Waals surface area contributed by atoms with Crippen molar-refractivity contribution < 1.29 is 17.5 Å². The van der Waals surface area contributed by atoms with Gasteiger partial charge in [0.05, 0.1) is 11.4 Å². The molecule has 0 radical (unpaired) electrons. The van der Waals surface area contributed by atoms with E-state index in [1.54, 1.807) is 18.2 Å². The molecule has 0 atom stereocenters. The van der Waals surface area contributed by atoms with Crippen LogP contribution in [-0.4, -0.2) is 69.8 Å². The second-order valence-electron chi connectivity index (χ2n) is 9.72. The Labute approximate surface area is 234 Å². The third kappa shape index (κ3) is 6.57. The summed E-state index contributed by atoms with van der Waals surface area (Å²) in [6.07, 6.45) is 1.87. The average molecular weight is 568 g/mol. The lowest BCUT2D eigenvalue weighted by atomic mass is 9.95. The van der Waals surface area contributed by atoms with Crippen LogP contribution in [0.1, 0.15) is 25.3 Å². The molecule has 4 rings (SSSR count). The SMILES string of the molecule is CN/C=C(\C=N)S(=O)(=O)Nc1nc(Oc2cccc(N3CCN(C)CC3)c2F)cc(-c2ccccc2C(C)C)n1. The fourth-order valence-corrected chi connectivity index (χ4v) is 5.27. The largest absolute Gasteiger partial charge is 0.436 e. The number of piperazine rings is 1. The second kappa shape index (κ2) is 12.4. The molecule has 0 spiro atoms. The fourth-order valence-electron chi connectivity index (χ4n) is 4.40. The number of nitrogens with zero attached hydrogens (tertiary/aromatic N) is 4. The van der Waals surface area contributed by atoms with Crippen LogP contribution in [0.15, 0.2) is 59.6 Å². The number of anilines is 2. The minimum Gasteiger partial charge on any atom is -0.436 e. The number of aromatic nitrogens is 2. The first kappa shape index (κ1) is 29.0. The summed E-state index contributed by atoms with van der Waals surface area (Å²) >= 11 is 0. The van der Waals surface area contributed by atoms with E-state index >= 15 is 4.39 Å². The van der Waals surface area contributed by atoms with E-state index in [2.05, 4.69) is 24.9 Å². The minimum absolute atomic E-state index is 0.0373. The number of halogens is 1. The Balaban J connectivity index is 1.77. The van der Waals surface area contributed by atoms with Gasteiger partial charge < -0.3 is 25.3 Å². The fraction of sp³-hybridized carbons (Fsp3) is 0.321. The molecule has 10 nitrogen and oxygen atoms in total. The molecule has 1 aromatic heterocycles. The van der Waals surface area contributed by atoms with Crippen LogP contribution < -0.4 is 19.7 Å². The first-order chi connectivity index (χ1) is 19.1. The second-order valence-corrected chi connectivity index (χ2v) is 11.4. The van der Waals surface area contributed by atoms with Crippen LogP contribution in [0.5, 0.6) is 11.6 Å². The molecule has 1 saturated heterocycles. The molecule has 0 saturated carbocycles. The van der Waals surface area contributed by atoms with E-state index in [1.807, 2.05) is 50.1 Å². The molecule has 0 amide bonds. The maximum absolute atomic E-state index is 15.7. The predicted octanol–water partition coefficient (Wildman–Crippen LogP) is 4.40. The van der Waals surface area contributed by atoms with Crippen molar-refractivity contribution in [3.8, 4) is 22.9 Å². The topological polar surface area (TPSA) is 124 Å². The molecule has 1 aliphatic heterocycles. The Bertz CT molecular complexity index is 1500. The van der Waals surface area contributed by atoms with Crippen molar-refractivity contribution in [2.75, 3.05) is 49.9 Å². The molecule has 212 valence electrons. The van der Waals surface area contributed by atoms with Crippen LogP contribution in [0, 0.1) is 11.2 Å². The first-order valence-electron chi connectivity index (χ1n) is 12.9. The number of benzene rings is 2. The lowest BCUT2D eigenvalue weighted by Gasteiger charge is -2.34. The van der Waals surface area contributed by atoms with Gasteiger partial charge in [-0.1, -0.05) is 44.2 Å². The summed E-state index contributed by atoms with van der Waals surface area (Å²) in [6.45, 7) is 7.08. The standard InChI is InChI=1S/C28H34FN7O3S/c1-19(2)21-8-5-6-9-22(21)23-16-26(33-28(32-23)34-40(37,38)20(17-30)18-31-3)39-25-11-7-10-24(27(25)29)36-14-12-35(4)13-15-36/h5-11,16-19,30-31H,12-15H2,1-4H3,(H,32,33,34)/b20-18+,30-17?. The highest BCUT2D eigenvalue weighted by atomic mass is 32.2. The van der Waals surface area contributed by atoms with Crippen molar-refractivity contribution in [2.24, 2.45) is 0 Å². The number of rotatable bonds is 10. The number of ether oxygens (including phenoxy) is 1. The summed E-state index contributed by atoms with van der Waals surface area (Å²) in [6, 6.07) is 14.1. The number of sulfonamides is 1. The van der Waals surface area contributed by atoms with Gasteiger partial charge in [-0.25, -0.2) is 22.5 Å². The zero-order valence-electron chi connectivity index (χ0n) is 23.0. The summed E-state index contributed by atoms with van der Waals surface area (Å²) < 4.78 is 49.8. The Kier molecular flexibility index (Phi) is 9.00. The molecular formula is C28H34FN7O3S. The Morgan fingerprint density at radius 2 is 1.82 bits per heavy atom. The average Bonchev–Trinajstić information content (AvgIpc) is 2.93. The number of nitrogens with one attached hydrogen (secondary N) is 3. The normalized spacial score (nSPS) is 14.8. The third-order valence-electron chi connectivity index (χ3n) is 6.53. The van der Waals surface area contributed by atoms with Crippen molar-refractivity contribution in [3.63, 3.8) is 0 Å². The minimum atomic E-state index is -4.20. The summed E-state index contributed by atoms with van der Waals surface area (Å²) in [5.41, 5.74) is 2.57. The molecule has 0 bridgehead atoms. The third-order valence-corrected chi connectivity index (χ3v) is 7.84. The molecule has 0 aliphatic carbocycles.